The summed E-state index contributed by atoms with van der Waals surface area (Å²) >= 11 is 1.70. The van der Waals surface area contributed by atoms with Gasteiger partial charge in [0.05, 0.1) is 0 Å². The fraction of sp³-hybridized carbons (Fsp3) is 0.278. The van der Waals surface area contributed by atoms with Crippen LogP contribution in [0.15, 0.2) is 53.9 Å². The van der Waals surface area contributed by atoms with Crippen LogP contribution in [-0.4, -0.2) is 24.2 Å². The molecular weight excluding hydrogens is 294 g/mol. The lowest BCUT2D eigenvalue weighted by molar-refractivity contribution is -0.116. The van der Waals surface area contributed by atoms with Gasteiger partial charge in [0.2, 0.25) is 5.91 Å². The minimum absolute atomic E-state index is 0.0854. The Balaban J connectivity index is 1.77. The second kappa shape index (κ2) is 9.18. The van der Waals surface area contributed by atoms with Crippen molar-refractivity contribution in [3.05, 3.63) is 64.4 Å². The molecule has 2 aromatic rings. The normalized spacial score (nSPS) is 12.4. The minimum atomic E-state index is -0.0854. The quantitative estimate of drug-likeness (QED) is 0.733. The number of hydrogen-bond donors (Lipinski definition) is 2. The van der Waals surface area contributed by atoms with Gasteiger partial charge in [-0.1, -0.05) is 36.4 Å². The smallest absolute Gasteiger partial charge is 0.243 e. The highest BCUT2D eigenvalue weighted by molar-refractivity contribution is 7.10. The third-order valence-corrected chi connectivity index (χ3v) is 4.48. The van der Waals surface area contributed by atoms with Gasteiger partial charge in [-0.05, 0) is 41.8 Å². The van der Waals surface area contributed by atoms with Crippen molar-refractivity contribution in [3.8, 4) is 0 Å². The molecule has 0 aliphatic heterocycles. The third kappa shape index (κ3) is 5.47. The SMILES string of the molecule is O=C(/C=C/c1ccccc1)NCC[C@H](CCO)c1cccs1. The zero-order chi connectivity index (χ0) is 15.6. The number of aliphatic hydroxyl groups is 1. The standard InChI is InChI=1S/C18H21NO2S/c20-13-11-16(17-7-4-14-22-17)10-12-19-18(21)9-8-15-5-2-1-3-6-15/h1-9,14,16,20H,10-13H2,(H,19,21)/b9-8+/t16-/m1/s1. The highest BCUT2D eigenvalue weighted by Gasteiger charge is 2.12. The molecule has 3 nitrogen and oxygen atoms in total. The van der Waals surface area contributed by atoms with E-state index < -0.39 is 0 Å². The molecule has 0 fully saturated rings. The van der Waals surface area contributed by atoms with E-state index in [4.69, 9.17) is 5.11 Å². The second-order valence-electron chi connectivity index (χ2n) is 5.05. The molecule has 4 heteroatoms. The molecule has 116 valence electrons. The van der Waals surface area contributed by atoms with E-state index >= 15 is 0 Å². The van der Waals surface area contributed by atoms with E-state index in [0.29, 0.717) is 12.5 Å². The highest BCUT2D eigenvalue weighted by Crippen LogP contribution is 2.26. The Hall–Kier alpha value is -1.91. The molecule has 0 aliphatic rings. The van der Waals surface area contributed by atoms with Crippen molar-refractivity contribution in [2.24, 2.45) is 0 Å². The molecule has 0 spiro atoms. The number of benzene rings is 1. The molecule has 0 radical (unpaired) electrons. The number of hydrogen-bond acceptors (Lipinski definition) is 3. The molecule has 1 heterocycles. The van der Waals surface area contributed by atoms with Crippen LogP contribution in [0.25, 0.3) is 6.08 Å². The summed E-state index contributed by atoms with van der Waals surface area (Å²) in [7, 11) is 0. The largest absolute Gasteiger partial charge is 0.396 e. The van der Waals surface area contributed by atoms with Crippen molar-refractivity contribution >= 4 is 23.3 Å². The maximum atomic E-state index is 11.8. The molecule has 1 aromatic carbocycles. The number of nitrogens with one attached hydrogen (secondary N) is 1. The topological polar surface area (TPSA) is 49.3 Å². The van der Waals surface area contributed by atoms with E-state index in [1.54, 1.807) is 23.5 Å². The number of amides is 1. The molecule has 0 saturated heterocycles. The van der Waals surface area contributed by atoms with Crippen LogP contribution in [0, 0.1) is 0 Å². The molecule has 22 heavy (non-hydrogen) atoms. The van der Waals surface area contributed by atoms with Crippen molar-refractivity contribution < 1.29 is 9.90 Å². The van der Waals surface area contributed by atoms with Crippen LogP contribution in [0.4, 0.5) is 0 Å². The third-order valence-electron chi connectivity index (χ3n) is 3.44. The molecule has 0 unspecified atom stereocenters. The Morgan fingerprint density at radius 2 is 2.00 bits per heavy atom. The molecule has 0 saturated carbocycles. The summed E-state index contributed by atoms with van der Waals surface area (Å²) in [5.41, 5.74) is 1.01. The van der Waals surface area contributed by atoms with Gasteiger partial charge in [-0.15, -0.1) is 11.3 Å². The number of thiophene rings is 1. The molecule has 1 atom stereocenters. The maximum Gasteiger partial charge on any atom is 0.243 e. The van der Waals surface area contributed by atoms with Crippen LogP contribution in [0.5, 0.6) is 0 Å². The molecule has 2 N–H and O–H groups in total. The van der Waals surface area contributed by atoms with Crippen molar-refractivity contribution in [3.63, 3.8) is 0 Å². The van der Waals surface area contributed by atoms with E-state index in [0.717, 1.165) is 18.4 Å². The highest BCUT2D eigenvalue weighted by atomic mass is 32.1. The van der Waals surface area contributed by atoms with Crippen LogP contribution >= 0.6 is 11.3 Å². The van der Waals surface area contributed by atoms with Crippen molar-refractivity contribution in [1.29, 1.82) is 0 Å². The second-order valence-corrected chi connectivity index (χ2v) is 6.03. The summed E-state index contributed by atoms with van der Waals surface area (Å²) in [5, 5.41) is 14.1. The summed E-state index contributed by atoms with van der Waals surface area (Å²) in [6, 6.07) is 13.9. The molecular formula is C18H21NO2S. The first-order chi connectivity index (χ1) is 10.8. The van der Waals surface area contributed by atoms with Gasteiger partial charge >= 0.3 is 0 Å². The zero-order valence-corrected chi connectivity index (χ0v) is 13.3. The Morgan fingerprint density at radius 1 is 1.18 bits per heavy atom. The first kappa shape index (κ1) is 16.5. The molecule has 1 amide bonds. The number of carbonyl (C=O) groups is 1. The van der Waals surface area contributed by atoms with Gasteiger partial charge in [0.25, 0.3) is 0 Å². The maximum absolute atomic E-state index is 11.8. The van der Waals surface area contributed by atoms with Gasteiger partial charge in [-0.25, -0.2) is 0 Å². The van der Waals surface area contributed by atoms with Crippen LogP contribution in [0.3, 0.4) is 0 Å². The van der Waals surface area contributed by atoms with Gasteiger partial charge in [-0.3, -0.25) is 4.79 Å². The minimum Gasteiger partial charge on any atom is -0.396 e. The predicted molar refractivity (Wildman–Crippen MR) is 91.9 cm³/mol. The molecule has 2 rings (SSSR count). The molecule has 1 aromatic heterocycles. The predicted octanol–water partition coefficient (Wildman–Crippen LogP) is 3.43. The lowest BCUT2D eigenvalue weighted by Gasteiger charge is -2.14. The average Bonchev–Trinajstić information content (AvgIpc) is 3.07. The number of rotatable bonds is 8. The fourth-order valence-corrected chi connectivity index (χ4v) is 3.17. The number of carbonyl (C=O) groups excluding carboxylic acids is 1. The van der Waals surface area contributed by atoms with Crippen LogP contribution in [-0.2, 0) is 4.79 Å². The van der Waals surface area contributed by atoms with Gasteiger partial charge in [0.15, 0.2) is 0 Å². The average molecular weight is 315 g/mol. The fourth-order valence-electron chi connectivity index (χ4n) is 2.27. The van der Waals surface area contributed by atoms with Crippen LogP contribution in [0.2, 0.25) is 0 Å². The number of aliphatic hydroxyl groups excluding tert-OH is 1. The van der Waals surface area contributed by atoms with Gasteiger partial charge in [0, 0.05) is 24.1 Å². The first-order valence-electron chi connectivity index (χ1n) is 7.45. The lowest BCUT2D eigenvalue weighted by Crippen LogP contribution is -2.23. The summed E-state index contributed by atoms with van der Waals surface area (Å²) < 4.78 is 0. The summed E-state index contributed by atoms with van der Waals surface area (Å²) in [6.45, 7) is 0.783. The Kier molecular flexibility index (Phi) is 6.87. The first-order valence-corrected chi connectivity index (χ1v) is 8.33. The monoisotopic (exact) mass is 315 g/mol. The van der Waals surface area contributed by atoms with E-state index in [1.807, 2.05) is 41.8 Å². The van der Waals surface area contributed by atoms with Crippen LogP contribution in [0.1, 0.15) is 29.2 Å². The van der Waals surface area contributed by atoms with E-state index in [2.05, 4.69) is 11.4 Å². The summed E-state index contributed by atoms with van der Waals surface area (Å²) in [6.07, 6.45) is 4.93. The lowest BCUT2D eigenvalue weighted by atomic mass is 10.00. The molecule has 0 bridgehead atoms. The summed E-state index contributed by atoms with van der Waals surface area (Å²) in [4.78, 5) is 13.1. The zero-order valence-electron chi connectivity index (χ0n) is 12.4. The van der Waals surface area contributed by atoms with Crippen molar-refractivity contribution in [2.45, 2.75) is 18.8 Å². The van der Waals surface area contributed by atoms with Crippen molar-refractivity contribution in [2.75, 3.05) is 13.2 Å². The Morgan fingerprint density at radius 3 is 2.68 bits per heavy atom. The Bertz CT molecular complexity index is 578. The van der Waals surface area contributed by atoms with Gasteiger partial charge in [-0.2, -0.15) is 0 Å². The van der Waals surface area contributed by atoms with Crippen LogP contribution < -0.4 is 5.32 Å². The molecule has 0 aliphatic carbocycles. The van der Waals surface area contributed by atoms with E-state index in [1.165, 1.54) is 4.88 Å². The van der Waals surface area contributed by atoms with E-state index in [-0.39, 0.29) is 12.5 Å². The van der Waals surface area contributed by atoms with Crippen molar-refractivity contribution in [1.82, 2.24) is 5.32 Å². The van der Waals surface area contributed by atoms with E-state index in [9.17, 15) is 4.79 Å². The van der Waals surface area contributed by atoms with Gasteiger partial charge in [0.1, 0.15) is 0 Å². The van der Waals surface area contributed by atoms with Gasteiger partial charge < -0.3 is 10.4 Å². The summed E-state index contributed by atoms with van der Waals surface area (Å²) in [5.74, 6) is 0.223. The Labute approximate surface area is 135 Å².